The van der Waals surface area contributed by atoms with Crippen LogP contribution >= 0.6 is 11.6 Å². The van der Waals surface area contributed by atoms with E-state index < -0.39 is 0 Å². The van der Waals surface area contributed by atoms with Crippen LogP contribution in [-0.4, -0.2) is 35.5 Å². The fourth-order valence-electron chi connectivity index (χ4n) is 3.00. The molecule has 1 aliphatic heterocycles. The first kappa shape index (κ1) is 17.0. The zero-order chi connectivity index (χ0) is 16.9. The van der Waals surface area contributed by atoms with E-state index >= 15 is 0 Å². The van der Waals surface area contributed by atoms with Crippen LogP contribution in [-0.2, 0) is 16.0 Å². The Balaban J connectivity index is 1.69. The number of carbonyl (C=O) groups excluding carboxylic acids is 1. The van der Waals surface area contributed by atoms with Crippen molar-refractivity contribution >= 4 is 17.5 Å². The summed E-state index contributed by atoms with van der Waals surface area (Å²) < 4.78 is 11.1. The molecule has 3 rings (SSSR count). The van der Waals surface area contributed by atoms with Crippen molar-refractivity contribution < 1.29 is 13.9 Å². The lowest BCUT2D eigenvalue weighted by atomic mass is 10.1. The minimum atomic E-state index is -0.0916. The van der Waals surface area contributed by atoms with Crippen molar-refractivity contribution in [3.63, 3.8) is 0 Å². The summed E-state index contributed by atoms with van der Waals surface area (Å²) in [6.07, 6.45) is 4.19. The molecule has 24 heavy (non-hydrogen) atoms. The summed E-state index contributed by atoms with van der Waals surface area (Å²) in [5.74, 6) is 1.37. The molecule has 2 heterocycles. The second-order valence-electron chi connectivity index (χ2n) is 5.85. The molecule has 1 aromatic carbocycles. The summed E-state index contributed by atoms with van der Waals surface area (Å²) in [7, 11) is 0. The molecule has 1 amide bonds. The number of aromatic nitrogens is 1. The highest BCUT2D eigenvalue weighted by Gasteiger charge is 2.33. The largest absolute Gasteiger partial charge is 0.443 e. The summed E-state index contributed by atoms with van der Waals surface area (Å²) in [5.41, 5.74) is 1.07. The van der Waals surface area contributed by atoms with Crippen molar-refractivity contribution in [2.75, 3.05) is 19.8 Å². The third-order valence-electron chi connectivity index (χ3n) is 4.13. The first-order chi connectivity index (χ1) is 11.7. The molecule has 6 heteroatoms. The molecule has 1 saturated heterocycles. The Hall–Kier alpha value is -1.85. The average molecular weight is 349 g/mol. The Morgan fingerprint density at radius 2 is 2.38 bits per heavy atom. The summed E-state index contributed by atoms with van der Waals surface area (Å²) in [6.45, 7) is 3.25. The van der Waals surface area contributed by atoms with E-state index in [0.29, 0.717) is 23.9 Å². The Morgan fingerprint density at radius 3 is 3.17 bits per heavy atom. The molecule has 5 nitrogen and oxygen atoms in total. The van der Waals surface area contributed by atoms with Crippen molar-refractivity contribution in [1.29, 1.82) is 0 Å². The molecule has 0 unspecified atom stereocenters. The lowest BCUT2D eigenvalue weighted by Crippen LogP contribution is -2.33. The molecule has 0 N–H and O–H groups in total. The highest BCUT2D eigenvalue weighted by molar-refractivity contribution is 6.30. The molecule has 0 bridgehead atoms. The Labute approximate surface area is 146 Å². The number of hydrogen-bond acceptors (Lipinski definition) is 4. The monoisotopic (exact) mass is 348 g/mol. The number of hydrogen-bond donors (Lipinski definition) is 0. The van der Waals surface area contributed by atoms with Gasteiger partial charge in [-0.3, -0.25) is 4.79 Å². The predicted molar refractivity (Wildman–Crippen MR) is 90.9 cm³/mol. The minimum absolute atomic E-state index is 0.00561. The number of rotatable bonds is 6. The van der Waals surface area contributed by atoms with Gasteiger partial charge in [-0.15, -0.1) is 0 Å². The number of carbonyl (C=O) groups is 1. The number of halogens is 1. The van der Waals surface area contributed by atoms with Crippen LogP contribution in [0.5, 0.6) is 0 Å². The lowest BCUT2D eigenvalue weighted by molar-refractivity contribution is -0.137. The van der Waals surface area contributed by atoms with E-state index in [0.717, 1.165) is 30.7 Å². The van der Waals surface area contributed by atoms with E-state index in [-0.39, 0.29) is 18.6 Å². The van der Waals surface area contributed by atoms with Gasteiger partial charge >= 0.3 is 0 Å². The Morgan fingerprint density at radius 1 is 1.50 bits per heavy atom. The highest BCUT2D eigenvalue weighted by Crippen LogP contribution is 2.32. The fraction of sp³-hybridized carbons (Fsp3) is 0.444. The van der Waals surface area contributed by atoms with Gasteiger partial charge in [0.25, 0.3) is 0 Å². The summed E-state index contributed by atoms with van der Waals surface area (Å²) >= 11 is 6.01. The molecule has 0 radical (unpaired) electrons. The predicted octanol–water partition coefficient (Wildman–Crippen LogP) is 3.62. The number of amides is 1. The maximum Gasteiger partial charge on any atom is 0.249 e. The van der Waals surface area contributed by atoms with Gasteiger partial charge in [0.15, 0.2) is 0 Å². The molecule has 2 aromatic rings. The standard InChI is InChI=1S/C18H21ClN2O3/c1-2-23-12-17(22)21-8-4-7-16(21)18-20-11-15(24-18)10-13-5-3-6-14(19)9-13/h3,5-6,9,11,16H,2,4,7-8,10,12H2,1H3/t16-/m0/s1. The second kappa shape index (κ2) is 7.81. The normalized spacial score (nSPS) is 17.4. The zero-order valence-electron chi connectivity index (χ0n) is 13.7. The van der Waals surface area contributed by atoms with Crippen LogP contribution in [0.4, 0.5) is 0 Å². The van der Waals surface area contributed by atoms with Crippen molar-refractivity contribution in [3.05, 3.63) is 52.7 Å². The van der Waals surface area contributed by atoms with Crippen LogP contribution < -0.4 is 0 Å². The summed E-state index contributed by atoms with van der Waals surface area (Å²) in [5, 5.41) is 0.704. The van der Waals surface area contributed by atoms with Gasteiger partial charge in [0.05, 0.1) is 6.20 Å². The van der Waals surface area contributed by atoms with Crippen LogP contribution in [0.15, 0.2) is 34.9 Å². The SMILES string of the molecule is CCOCC(=O)N1CCC[C@H]1c1ncc(Cc2cccc(Cl)c2)o1. The third kappa shape index (κ3) is 3.97. The number of oxazole rings is 1. The number of benzene rings is 1. The first-order valence-electron chi connectivity index (χ1n) is 8.23. The van der Waals surface area contributed by atoms with Gasteiger partial charge < -0.3 is 14.1 Å². The lowest BCUT2D eigenvalue weighted by Gasteiger charge is -2.22. The maximum absolute atomic E-state index is 12.2. The van der Waals surface area contributed by atoms with Gasteiger partial charge in [-0.2, -0.15) is 0 Å². The number of ether oxygens (including phenoxy) is 1. The van der Waals surface area contributed by atoms with Crippen LogP contribution in [0.25, 0.3) is 0 Å². The average Bonchev–Trinajstić information content (AvgIpc) is 3.21. The van der Waals surface area contributed by atoms with Gasteiger partial charge in [-0.1, -0.05) is 23.7 Å². The van der Waals surface area contributed by atoms with Gasteiger partial charge in [-0.05, 0) is 37.5 Å². The number of nitrogens with zero attached hydrogens (tertiary/aromatic N) is 2. The molecule has 128 valence electrons. The second-order valence-corrected chi connectivity index (χ2v) is 6.29. The van der Waals surface area contributed by atoms with Crippen LogP contribution in [0.1, 0.15) is 43.0 Å². The van der Waals surface area contributed by atoms with E-state index in [9.17, 15) is 4.79 Å². The molecule has 1 fully saturated rings. The molecule has 1 aliphatic rings. The molecule has 0 saturated carbocycles. The van der Waals surface area contributed by atoms with E-state index in [2.05, 4.69) is 4.98 Å². The van der Waals surface area contributed by atoms with E-state index in [1.54, 1.807) is 6.20 Å². The van der Waals surface area contributed by atoms with Crippen molar-refractivity contribution in [2.45, 2.75) is 32.2 Å². The third-order valence-corrected chi connectivity index (χ3v) is 4.36. The summed E-state index contributed by atoms with van der Waals surface area (Å²) in [4.78, 5) is 18.4. The van der Waals surface area contributed by atoms with E-state index in [1.165, 1.54) is 0 Å². The molecule has 0 spiro atoms. The minimum Gasteiger partial charge on any atom is -0.443 e. The first-order valence-corrected chi connectivity index (χ1v) is 8.61. The van der Waals surface area contributed by atoms with Gasteiger partial charge in [-0.25, -0.2) is 4.98 Å². The van der Waals surface area contributed by atoms with Gasteiger partial charge in [0, 0.05) is 24.6 Å². The zero-order valence-corrected chi connectivity index (χ0v) is 14.5. The van der Waals surface area contributed by atoms with E-state index in [1.807, 2.05) is 36.1 Å². The molecule has 1 aromatic heterocycles. The maximum atomic E-state index is 12.2. The smallest absolute Gasteiger partial charge is 0.249 e. The molecule has 1 atom stereocenters. The molecular formula is C18H21ClN2O3. The summed E-state index contributed by atoms with van der Waals surface area (Å²) in [6, 6.07) is 7.59. The van der Waals surface area contributed by atoms with Gasteiger partial charge in [0.1, 0.15) is 18.4 Å². The fourth-order valence-corrected chi connectivity index (χ4v) is 3.21. The molecule has 0 aliphatic carbocycles. The van der Waals surface area contributed by atoms with Crippen LogP contribution in [0.2, 0.25) is 5.02 Å². The van der Waals surface area contributed by atoms with Crippen molar-refractivity contribution in [1.82, 2.24) is 9.88 Å². The van der Waals surface area contributed by atoms with Crippen molar-refractivity contribution in [2.24, 2.45) is 0 Å². The Kier molecular flexibility index (Phi) is 5.53. The number of likely N-dealkylation sites (tertiary alicyclic amines) is 1. The highest BCUT2D eigenvalue weighted by atomic mass is 35.5. The topological polar surface area (TPSA) is 55.6 Å². The van der Waals surface area contributed by atoms with Gasteiger partial charge in [0.2, 0.25) is 11.8 Å². The van der Waals surface area contributed by atoms with E-state index in [4.69, 9.17) is 20.8 Å². The van der Waals surface area contributed by atoms with Crippen LogP contribution in [0.3, 0.4) is 0 Å². The quantitative estimate of drug-likeness (QED) is 0.800. The Bertz CT molecular complexity index is 701. The molecular weight excluding hydrogens is 328 g/mol. The van der Waals surface area contributed by atoms with Crippen LogP contribution in [0, 0.1) is 0 Å². The van der Waals surface area contributed by atoms with Crippen molar-refractivity contribution in [3.8, 4) is 0 Å².